The van der Waals surface area contributed by atoms with Crippen LogP contribution in [0.15, 0.2) is 36.4 Å². The second-order valence-electron chi connectivity index (χ2n) is 8.98. The first-order valence-corrected chi connectivity index (χ1v) is 11.4. The van der Waals surface area contributed by atoms with E-state index >= 15 is 0 Å². The third-order valence-electron chi connectivity index (χ3n) is 6.56. The van der Waals surface area contributed by atoms with Gasteiger partial charge in [-0.05, 0) is 75.1 Å². The van der Waals surface area contributed by atoms with Crippen LogP contribution in [0.2, 0.25) is 5.02 Å². The summed E-state index contributed by atoms with van der Waals surface area (Å²) in [6.45, 7) is 9.32. The topological polar surface area (TPSA) is 59.4 Å². The molecular formula is C25H29ClN4O. The maximum atomic E-state index is 12.9. The van der Waals surface area contributed by atoms with Crippen LogP contribution in [0.3, 0.4) is 0 Å². The fourth-order valence-corrected chi connectivity index (χ4v) is 4.91. The molecule has 0 unspecified atom stereocenters. The molecule has 162 valence electrons. The Morgan fingerprint density at radius 2 is 2.03 bits per heavy atom. The number of nitriles is 1. The van der Waals surface area contributed by atoms with Crippen LogP contribution in [0.5, 0.6) is 0 Å². The Labute approximate surface area is 189 Å². The second kappa shape index (κ2) is 8.90. The Hall–Kier alpha value is -2.55. The molecule has 2 aliphatic heterocycles. The summed E-state index contributed by atoms with van der Waals surface area (Å²) < 4.78 is 0. The molecule has 6 heteroatoms. The maximum absolute atomic E-state index is 12.9. The monoisotopic (exact) mass is 436 g/mol. The number of benzene rings is 2. The van der Waals surface area contributed by atoms with Crippen LogP contribution in [0, 0.1) is 11.3 Å². The minimum absolute atomic E-state index is 0.00833. The molecule has 0 aromatic heterocycles. The lowest BCUT2D eigenvalue weighted by atomic mass is 9.96. The SMILES string of the molecule is CC(C)N1CCc2cc(C(=O)N[C@@H]3C[C@H](C)N(c4ccc(C#N)c(Cl)c4)C3)ccc2C1. The van der Waals surface area contributed by atoms with Crippen LogP contribution in [-0.4, -0.2) is 42.0 Å². The fraction of sp³-hybridized carbons (Fsp3) is 0.440. The Morgan fingerprint density at radius 3 is 2.74 bits per heavy atom. The van der Waals surface area contributed by atoms with Crippen molar-refractivity contribution in [1.82, 2.24) is 10.2 Å². The number of carbonyl (C=O) groups is 1. The molecule has 4 rings (SSSR count). The minimum atomic E-state index is -0.00833. The van der Waals surface area contributed by atoms with Crippen LogP contribution < -0.4 is 10.2 Å². The van der Waals surface area contributed by atoms with E-state index in [0.29, 0.717) is 16.6 Å². The van der Waals surface area contributed by atoms with Crippen LogP contribution in [0.4, 0.5) is 5.69 Å². The summed E-state index contributed by atoms with van der Waals surface area (Å²) >= 11 is 6.22. The standard InChI is InChI=1S/C25H29ClN4O/c1-16(2)29-9-8-18-11-19(4-5-21(18)14-29)25(31)28-22-10-17(3)30(15-22)23-7-6-20(13-27)24(26)12-23/h4-7,11-12,16-17,22H,8-10,14-15H2,1-3H3,(H,28,31)/t17-,22+/m0/s1. The second-order valence-corrected chi connectivity index (χ2v) is 9.39. The summed E-state index contributed by atoms with van der Waals surface area (Å²) in [6, 6.07) is 14.6. The van der Waals surface area contributed by atoms with Gasteiger partial charge in [0, 0.05) is 49.0 Å². The van der Waals surface area contributed by atoms with Gasteiger partial charge in [0.05, 0.1) is 10.6 Å². The molecule has 2 aromatic rings. The lowest BCUT2D eigenvalue weighted by Crippen LogP contribution is -2.38. The zero-order valence-electron chi connectivity index (χ0n) is 18.4. The molecule has 5 nitrogen and oxygen atoms in total. The molecule has 0 bridgehead atoms. The van der Waals surface area contributed by atoms with Crippen molar-refractivity contribution in [1.29, 1.82) is 5.26 Å². The average Bonchev–Trinajstić information content (AvgIpc) is 3.12. The predicted octanol–water partition coefficient (Wildman–Crippen LogP) is 4.38. The van der Waals surface area contributed by atoms with E-state index in [4.69, 9.17) is 16.9 Å². The van der Waals surface area contributed by atoms with Gasteiger partial charge in [0.25, 0.3) is 5.91 Å². The molecule has 2 heterocycles. The first-order valence-electron chi connectivity index (χ1n) is 11.0. The van der Waals surface area contributed by atoms with E-state index in [2.05, 4.69) is 54.1 Å². The zero-order valence-corrected chi connectivity index (χ0v) is 19.1. The minimum Gasteiger partial charge on any atom is -0.367 e. The first-order chi connectivity index (χ1) is 14.9. The number of halogens is 1. The highest BCUT2D eigenvalue weighted by Gasteiger charge is 2.31. The molecule has 1 saturated heterocycles. The Bertz CT molecular complexity index is 1030. The number of hydrogen-bond acceptors (Lipinski definition) is 4. The van der Waals surface area contributed by atoms with Crippen LogP contribution in [0.25, 0.3) is 0 Å². The third-order valence-corrected chi connectivity index (χ3v) is 6.87. The molecule has 1 N–H and O–H groups in total. The van der Waals surface area contributed by atoms with Crippen LogP contribution in [-0.2, 0) is 13.0 Å². The normalized spacial score (nSPS) is 21.1. The molecule has 1 amide bonds. The van der Waals surface area contributed by atoms with Crippen molar-refractivity contribution in [2.45, 2.75) is 58.3 Å². The van der Waals surface area contributed by atoms with E-state index in [1.54, 1.807) is 6.07 Å². The van der Waals surface area contributed by atoms with Crippen molar-refractivity contribution in [2.24, 2.45) is 0 Å². The van der Waals surface area contributed by atoms with Gasteiger partial charge in [-0.3, -0.25) is 9.69 Å². The lowest BCUT2D eigenvalue weighted by Gasteiger charge is -2.32. The van der Waals surface area contributed by atoms with Crippen LogP contribution in [0.1, 0.15) is 54.2 Å². The van der Waals surface area contributed by atoms with E-state index in [1.165, 1.54) is 11.1 Å². The number of fused-ring (bicyclic) bond motifs is 1. The van der Waals surface area contributed by atoms with Gasteiger partial charge in [-0.2, -0.15) is 5.26 Å². The highest BCUT2D eigenvalue weighted by atomic mass is 35.5. The van der Waals surface area contributed by atoms with E-state index in [9.17, 15) is 4.79 Å². The van der Waals surface area contributed by atoms with Gasteiger partial charge in [-0.1, -0.05) is 17.7 Å². The summed E-state index contributed by atoms with van der Waals surface area (Å²) in [6.07, 6.45) is 1.86. The summed E-state index contributed by atoms with van der Waals surface area (Å²) in [5, 5.41) is 12.8. The molecular weight excluding hydrogens is 408 g/mol. The summed E-state index contributed by atoms with van der Waals surface area (Å²) in [5.74, 6) is -0.00833. The summed E-state index contributed by atoms with van der Waals surface area (Å²) in [5.41, 5.74) is 4.82. The van der Waals surface area contributed by atoms with Crippen molar-refractivity contribution in [3.63, 3.8) is 0 Å². The maximum Gasteiger partial charge on any atom is 0.251 e. The molecule has 0 aliphatic carbocycles. The number of carbonyl (C=O) groups excluding carboxylic acids is 1. The molecule has 0 saturated carbocycles. The summed E-state index contributed by atoms with van der Waals surface area (Å²) in [4.78, 5) is 17.7. The number of anilines is 1. The largest absolute Gasteiger partial charge is 0.367 e. The first kappa shape index (κ1) is 21.7. The Balaban J connectivity index is 1.42. The molecule has 1 fully saturated rings. The molecule has 0 radical (unpaired) electrons. The lowest BCUT2D eigenvalue weighted by molar-refractivity contribution is 0.0939. The number of amides is 1. The van der Waals surface area contributed by atoms with Gasteiger partial charge in [0.2, 0.25) is 0 Å². The van der Waals surface area contributed by atoms with Crippen molar-refractivity contribution in [3.8, 4) is 6.07 Å². The summed E-state index contributed by atoms with van der Waals surface area (Å²) in [7, 11) is 0. The molecule has 2 aliphatic rings. The smallest absolute Gasteiger partial charge is 0.251 e. The van der Waals surface area contributed by atoms with Gasteiger partial charge in [-0.25, -0.2) is 0 Å². The quantitative estimate of drug-likeness (QED) is 0.772. The molecule has 31 heavy (non-hydrogen) atoms. The van der Waals surface area contributed by atoms with Gasteiger partial charge in [0.15, 0.2) is 0 Å². The fourth-order valence-electron chi connectivity index (χ4n) is 4.69. The third kappa shape index (κ3) is 4.56. The molecule has 2 atom stereocenters. The molecule has 2 aromatic carbocycles. The zero-order chi connectivity index (χ0) is 22.1. The van der Waals surface area contributed by atoms with E-state index in [-0.39, 0.29) is 18.0 Å². The Kier molecular flexibility index (Phi) is 6.22. The van der Waals surface area contributed by atoms with Gasteiger partial charge in [0.1, 0.15) is 6.07 Å². The Morgan fingerprint density at radius 1 is 1.23 bits per heavy atom. The number of rotatable bonds is 4. The highest BCUT2D eigenvalue weighted by molar-refractivity contribution is 6.32. The number of hydrogen-bond donors (Lipinski definition) is 1. The van der Waals surface area contributed by atoms with Gasteiger partial charge >= 0.3 is 0 Å². The van der Waals surface area contributed by atoms with Crippen molar-refractivity contribution in [2.75, 3.05) is 18.0 Å². The van der Waals surface area contributed by atoms with E-state index in [0.717, 1.165) is 43.7 Å². The van der Waals surface area contributed by atoms with E-state index in [1.807, 2.05) is 18.2 Å². The number of nitrogens with zero attached hydrogens (tertiary/aromatic N) is 3. The number of nitrogens with one attached hydrogen (secondary N) is 1. The van der Waals surface area contributed by atoms with Gasteiger partial charge < -0.3 is 10.2 Å². The molecule has 0 spiro atoms. The predicted molar refractivity (Wildman–Crippen MR) is 125 cm³/mol. The van der Waals surface area contributed by atoms with Crippen molar-refractivity contribution in [3.05, 3.63) is 63.7 Å². The van der Waals surface area contributed by atoms with Gasteiger partial charge in [-0.15, -0.1) is 0 Å². The van der Waals surface area contributed by atoms with E-state index < -0.39 is 0 Å². The average molecular weight is 437 g/mol. The van der Waals surface area contributed by atoms with Crippen LogP contribution >= 0.6 is 11.6 Å². The van der Waals surface area contributed by atoms with Crippen molar-refractivity contribution < 1.29 is 4.79 Å². The van der Waals surface area contributed by atoms with Crippen molar-refractivity contribution >= 4 is 23.2 Å². The highest BCUT2D eigenvalue weighted by Crippen LogP contribution is 2.29.